The lowest BCUT2D eigenvalue weighted by Gasteiger charge is -2.36. The van der Waals surface area contributed by atoms with Crippen molar-refractivity contribution < 1.29 is 9.90 Å². The van der Waals surface area contributed by atoms with E-state index >= 15 is 0 Å². The molecular weight excluding hydrogens is 278 g/mol. The second-order valence-electron chi connectivity index (χ2n) is 7.76. The highest BCUT2D eigenvalue weighted by molar-refractivity contribution is 5.67. The zero-order chi connectivity index (χ0) is 16.1. The third-order valence-corrected chi connectivity index (χ3v) is 5.07. The van der Waals surface area contributed by atoms with Gasteiger partial charge in [0, 0.05) is 31.2 Å². The summed E-state index contributed by atoms with van der Waals surface area (Å²) in [5.41, 5.74) is 2.22. The molecule has 2 aliphatic rings. The van der Waals surface area contributed by atoms with Crippen molar-refractivity contribution in [3.63, 3.8) is 0 Å². The lowest BCUT2D eigenvalue weighted by Crippen LogP contribution is -2.48. The summed E-state index contributed by atoms with van der Waals surface area (Å²) in [6, 6.07) is 2.33. The summed E-state index contributed by atoms with van der Waals surface area (Å²) >= 11 is 0. The lowest BCUT2D eigenvalue weighted by atomic mass is 9.84. The summed E-state index contributed by atoms with van der Waals surface area (Å²) in [5.74, 6) is 0.417. The lowest BCUT2D eigenvalue weighted by molar-refractivity contribution is 0.0889. The van der Waals surface area contributed by atoms with E-state index < -0.39 is 6.09 Å². The number of fused-ring (bicyclic) bond motifs is 1. The van der Waals surface area contributed by atoms with Gasteiger partial charge in [-0.2, -0.15) is 0 Å². The zero-order valence-electron chi connectivity index (χ0n) is 13.8. The summed E-state index contributed by atoms with van der Waals surface area (Å²) in [5, 5.41) is 9.69. The number of hydrogen-bond donors (Lipinski definition) is 1. The molecule has 3 atom stereocenters. The molecule has 120 valence electrons. The number of aryl methyl sites for hydroxylation is 1. The van der Waals surface area contributed by atoms with E-state index in [9.17, 15) is 9.90 Å². The Bertz CT molecular complexity index is 582. The fourth-order valence-electron chi connectivity index (χ4n) is 4.00. The zero-order valence-corrected chi connectivity index (χ0v) is 13.8. The van der Waals surface area contributed by atoms with E-state index in [4.69, 9.17) is 0 Å². The van der Waals surface area contributed by atoms with Crippen LogP contribution in [0.2, 0.25) is 0 Å². The van der Waals surface area contributed by atoms with Gasteiger partial charge in [0.1, 0.15) is 0 Å². The maximum Gasteiger partial charge on any atom is 0.407 e. The topological polar surface area (TPSA) is 56.7 Å². The second-order valence-corrected chi connectivity index (χ2v) is 7.76. The van der Waals surface area contributed by atoms with Crippen molar-refractivity contribution in [1.82, 2.24) is 9.88 Å². The Morgan fingerprint density at radius 2 is 2.05 bits per heavy atom. The van der Waals surface area contributed by atoms with Crippen molar-refractivity contribution in [2.75, 3.05) is 18.0 Å². The van der Waals surface area contributed by atoms with Crippen LogP contribution in [0.25, 0.3) is 0 Å². The minimum atomic E-state index is -0.781. The van der Waals surface area contributed by atoms with Gasteiger partial charge in [0.2, 0.25) is 0 Å². The van der Waals surface area contributed by atoms with Gasteiger partial charge in [-0.1, -0.05) is 20.8 Å². The number of nitrogens with zero attached hydrogens (tertiary/aromatic N) is 3. The first kappa shape index (κ1) is 15.1. The number of amides is 1. The number of rotatable bonds is 1. The number of likely N-dealkylation sites (tertiary alicyclic amines) is 1. The minimum Gasteiger partial charge on any atom is -0.465 e. The van der Waals surface area contributed by atoms with Crippen molar-refractivity contribution in [2.45, 2.75) is 46.2 Å². The van der Waals surface area contributed by atoms with Crippen LogP contribution >= 0.6 is 0 Å². The van der Waals surface area contributed by atoms with Gasteiger partial charge < -0.3 is 10.0 Å². The third kappa shape index (κ3) is 2.53. The van der Waals surface area contributed by atoms with Crippen molar-refractivity contribution in [3.05, 3.63) is 24.0 Å². The molecule has 0 aliphatic carbocycles. The molecule has 0 aromatic carbocycles. The molecule has 22 heavy (non-hydrogen) atoms. The largest absolute Gasteiger partial charge is 0.465 e. The number of aromatic nitrogens is 1. The number of hydrogen-bond acceptors (Lipinski definition) is 3. The van der Waals surface area contributed by atoms with Gasteiger partial charge >= 0.3 is 6.09 Å². The molecular formula is C17H25N3O2. The maximum atomic E-state index is 11.8. The Hall–Kier alpha value is -1.78. The van der Waals surface area contributed by atoms with E-state index in [0.29, 0.717) is 5.92 Å². The number of pyridine rings is 1. The molecule has 0 spiro atoms. The normalized spacial score (nSPS) is 28.1. The van der Waals surface area contributed by atoms with Crippen molar-refractivity contribution >= 4 is 11.8 Å². The molecule has 2 aliphatic heterocycles. The van der Waals surface area contributed by atoms with Gasteiger partial charge in [0.15, 0.2) is 0 Å². The van der Waals surface area contributed by atoms with Crippen LogP contribution in [0.15, 0.2) is 18.5 Å². The monoisotopic (exact) mass is 303 g/mol. The van der Waals surface area contributed by atoms with Crippen molar-refractivity contribution in [2.24, 2.45) is 11.3 Å². The predicted octanol–water partition coefficient (Wildman–Crippen LogP) is 2.99. The van der Waals surface area contributed by atoms with Crippen molar-refractivity contribution in [1.29, 1.82) is 0 Å². The van der Waals surface area contributed by atoms with Crippen LogP contribution in [-0.2, 0) is 0 Å². The Labute approximate surface area is 131 Å². The summed E-state index contributed by atoms with van der Waals surface area (Å²) in [7, 11) is 0. The summed E-state index contributed by atoms with van der Waals surface area (Å²) in [6.45, 7) is 10.1. The smallest absolute Gasteiger partial charge is 0.407 e. The van der Waals surface area contributed by atoms with E-state index in [0.717, 1.165) is 30.8 Å². The van der Waals surface area contributed by atoms with Crippen LogP contribution in [0.4, 0.5) is 10.5 Å². The van der Waals surface area contributed by atoms with Crippen LogP contribution in [0, 0.1) is 18.3 Å². The second kappa shape index (κ2) is 5.14. The Morgan fingerprint density at radius 1 is 1.32 bits per heavy atom. The summed E-state index contributed by atoms with van der Waals surface area (Å²) < 4.78 is 0. The van der Waals surface area contributed by atoms with Gasteiger partial charge in [-0.15, -0.1) is 0 Å². The quantitative estimate of drug-likeness (QED) is 0.866. The molecule has 3 heterocycles. The molecule has 5 nitrogen and oxygen atoms in total. The summed E-state index contributed by atoms with van der Waals surface area (Å²) in [6.07, 6.45) is 3.90. The van der Waals surface area contributed by atoms with E-state index in [1.54, 1.807) is 4.90 Å². The Morgan fingerprint density at radius 3 is 2.64 bits per heavy atom. The molecule has 0 radical (unpaired) electrons. The van der Waals surface area contributed by atoms with Crippen LogP contribution < -0.4 is 4.90 Å². The summed E-state index contributed by atoms with van der Waals surface area (Å²) in [4.78, 5) is 20.1. The molecule has 0 saturated carbocycles. The maximum absolute atomic E-state index is 11.8. The third-order valence-electron chi connectivity index (χ3n) is 5.07. The van der Waals surface area contributed by atoms with Gasteiger partial charge in [-0.25, -0.2) is 4.79 Å². The molecule has 1 N–H and O–H groups in total. The van der Waals surface area contributed by atoms with Gasteiger partial charge in [-0.3, -0.25) is 9.88 Å². The standard InChI is InChI=1S/C17H25N3O2/c1-11-5-13(8-18-7-11)19-9-12-6-15(17(2,3)4)20(16(21)22)14(12)10-19/h5,7-8,12,14-15H,6,9-10H2,1-4H3,(H,21,22)/t12-,14+,15?/m1/s1. The molecule has 1 amide bonds. The number of carboxylic acid groups (broad SMARTS) is 1. The van der Waals surface area contributed by atoms with Crippen LogP contribution in [0.3, 0.4) is 0 Å². The number of anilines is 1. The molecule has 2 fully saturated rings. The highest BCUT2D eigenvalue weighted by Gasteiger charge is 2.51. The minimum absolute atomic E-state index is 0.0154. The average Bonchev–Trinajstić information content (AvgIpc) is 2.94. The first-order valence-corrected chi connectivity index (χ1v) is 7.95. The first-order valence-electron chi connectivity index (χ1n) is 7.95. The molecule has 1 unspecified atom stereocenters. The van der Waals surface area contributed by atoms with Crippen LogP contribution in [0.1, 0.15) is 32.8 Å². The van der Waals surface area contributed by atoms with E-state index in [2.05, 4.69) is 36.7 Å². The number of carbonyl (C=O) groups is 1. The highest BCUT2D eigenvalue weighted by atomic mass is 16.4. The Balaban J connectivity index is 1.82. The van der Waals surface area contributed by atoms with E-state index in [1.165, 1.54) is 0 Å². The molecule has 3 rings (SSSR count). The highest BCUT2D eigenvalue weighted by Crippen LogP contribution is 2.43. The van der Waals surface area contributed by atoms with E-state index in [-0.39, 0.29) is 17.5 Å². The molecule has 1 aromatic rings. The molecule has 5 heteroatoms. The van der Waals surface area contributed by atoms with Gasteiger partial charge in [0.25, 0.3) is 0 Å². The van der Waals surface area contributed by atoms with E-state index in [1.807, 2.05) is 19.3 Å². The van der Waals surface area contributed by atoms with Gasteiger partial charge in [-0.05, 0) is 30.4 Å². The fourth-order valence-corrected chi connectivity index (χ4v) is 4.00. The van der Waals surface area contributed by atoms with Crippen LogP contribution in [0.5, 0.6) is 0 Å². The molecule has 0 bridgehead atoms. The first-order chi connectivity index (χ1) is 10.3. The Kier molecular flexibility index (Phi) is 3.54. The SMILES string of the molecule is Cc1cncc(N2C[C@H]3CC(C(C)(C)C)N(C(=O)O)[C@H]3C2)c1. The van der Waals surface area contributed by atoms with Crippen molar-refractivity contribution in [3.8, 4) is 0 Å². The average molecular weight is 303 g/mol. The fraction of sp³-hybridized carbons (Fsp3) is 0.647. The predicted molar refractivity (Wildman–Crippen MR) is 86.2 cm³/mol. The van der Waals surface area contributed by atoms with Crippen LogP contribution in [-0.4, -0.2) is 46.3 Å². The molecule has 1 aromatic heterocycles. The molecule has 2 saturated heterocycles. The van der Waals surface area contributed by atoms with Gasteiger partial charge in [0.05, 0.1) is 17.9 Å².